The van der Waals surface area contributed by atoms with Gasteiger partial charge in [0.25, 0.3) is 11.8 Å². The monoisotopic (exact) mass is 354 g/mol. The number of amides is 2. The van der Waals surface area contributed by atoms with E-state index in [-0.39, 0.29) is 24.4 Å². The van der Waals surface area contributed by atoms with Gasteiger partial charge in [0.2, 0.25) is 0 Å². The van der Waals surface area contributed by atoms with Crippen molar-refractivity contribution in [3.63, 3.8) is 0 Å². The fourth-order valence-electron chi connectivity index (χ4n) is 3.15. The van der Waals surface area contributed by atoms with E-state index in [1.54, 1.807) is 7.11 Å². The largest absolute Gasteiger partial charge is 0.497 e. The third-order valence-corrected chi connectivity index (χ3v) is 4.51. The number of piperazine rings is 1. The fourth-order valence-corrected chi connectivity index (χ4v) is 3.15. The molecule has 1 fully saturated rings. The Bertz CT molecular complexity index is 747. The highest BCUT2D eigenvalue weighted by atomic mass is 16.5. The summed E-state index contributed by atoms with van der Waals surface area (Å²) in [4.78, 5) is 25.1. The summed E-state index contributed by atoms with van der Waals surface area (Å²) in [6.07, 6.45) is 0. The molecular weight excluding hydrogens is 330 g/mol. The number of nitrogens with one attached hydrogen (secondary N) is 3. The Balaban J connectivity index is 1.75. The number of hydrogen-bond donors (Lipinski definition) is 3. The molecule has 1 aliphatic rings. The first kappa shape index (κ1) is 17.9. The van der Waals surface area contributed by atoms with E-state index in [9.17, 15) is 9.59 Å². The standard InChI is InChI=1S/C20H23N3O3/c1-26-17-9-7-16(8-10-17)20(15-5-3-2-4-6-15)22-19(25)14-23-12-11-21-18(24)13-23/h2-10,20H,11-14H2,1H3,(H,21,24)(H,22,25)/p+1/t20-/m1/s1. The van der Waals surface area contributed by atoms with Gasteiger partial charge >= 0.3 is 0 Å². The molecule has 0 saturated carbocycles. The highest BCUT2D eigenvalue weighted by molar-refractivity contribution is 5.79. The fraction of sp³-hybridized carbons (Fsp3) is 0.300. The maximum Gasteiger partial charge on any atom is 0.275 e. The number of carbonyl (C=O) groups is 2. The molecule has 1 unspecified atom stereocenters. The Morgan fingerprint density at radius 3 is 2.50 bits per heavy atom. The van der Waals surface area contributed by atoms with Crippen molar-refractivity contribution < 1.29 is 19.2 Å². The van der Waals surface area contributed by atoms with Gasteiger partial charge in [0.15, 0.2) is 13.1 Å². The van der Waals surface area contributed by atoms with Crippen LogP contribution in [-0.2, 0) is 9.59 Å². The van der Waals surface area contributed by atoms with Crippen LogP contribution in [0.1, 0.15) is 17.2 Å². The second-order valence-corrected chi connectivity index (χ2v) is 6.39. The van der Waals surface area contributed by atoms with Crippen LogP contribution in [0.3, 0.4) is 0 Å². The molecule has 3 N–H and O–H groups in total. The highest BCUT2D eigenvalue weighted by Crippen LogP contribution is 2.23. The lowest BCUT2D eigenvalue weighted by atomic mass is 9.98. The van der Waals surface area contributed by atoms with Crippen LogP contribution in [-0.4, -0.2) is 45.1 Å². The Morgan fingerprint density at radius 1 is 1.15 bits per heavy atom. The minimum atomic E-state index is -0.243. The van der Waals surface area contributed by atoms with E-state index in [4.69, 9.17) is 4.74 Å². The van der Waals surface area contributed by atoms with Crippen LogP contribution in [0.4, 0.5) is 0 Å². The van der Waals surface area contributed by atoms with Crippen molar-refractivity contribution in [2.24, 2.45) is 0 Å². The molecule has 6 nitrogen and oxygen atoms in total. The van der Waals surface area contributed by atoms with Crippen molar-refractivity contribution >= 4 is 11.8 Å². The summed E-state index contributed by atoms with van der Waals surface area (Å²) in [5.74, 6) is 0.698. The van der Waals surface area contributed by atoms with Crippen molar-refractivity contribution in [3.8, 4) is 5.75 Å². The predicted octanol–water partition coefficient (Wildman–Crippen LogP) is -0.0845. The number of benzene rings is 2. The van der Waals surface area contributed by atoms with E-state index in [1.807, 2.05) is 54.6 Å². The van der Waals surface area contributed by atoms with Gasteiger partial charge in [-0.1, -0.05) is 42.5 Å². The molecule has 0 aliphatic carbocycles. The third-order valence-electron chi connectivity index (χ3n) is 4.51. The summed E-state index contributed by atoms with van der Waals surface area (Å²) < 4.78 is 5.22. The molecule has 2 atom stereocenters. The molecule has 6 heteroatoms. The maximum atomic E-state index is 12.6. The summed E-state index contributed by atoms with van der Waals surface area (Å²) in [6.45, 7) is 2.00. The van der Waals surface area contributed by atoms with Gasteiger partial charge in [0.05, 0.1) is 26.2 Å². The average molecular weight is 354 g/mol. The SMILES string of the molecule is COc1ccc([C@H](NC(=O)C[NH+]2CCNC(=O)C2)c2ccccc2)cc1. The van der Waals surface area contributed by atoms with E-state index >= 15 is 0 Å². The normalized spacial score (nSPS) is 17.9. The van der Waals surface area contributed by atoms with Gasteiger partial charge in [-0.3, -0.25) is 9.59 Å². The van der Waals surface area contributed by atoms with Crippen LogP contribution in [0, 0.1) is 0 Å². The molecule has 1 heterocycles. The van der Waals surface area contributed by atoms with Crippen LogP contribution >= 0.6 is 0 Å². The van der Waals surface area contributed by atoms with Crippen LogP contribution < -0.4 is 20.3 Å². The first-order valence-corrected chi connectivity index (χ1v) is 8.74. The number of hydrogen-bond acceptors (Lipinski definition) is 3. The molecule has 136 valence electrons. The van der Waals surface area contributed by atoms with Crippen LogP contribution in [0.2, 0.25) is 0 Å². The molecule has 1 aliphatic heterocycles. The number of carbonyl (C=O) groups excluding carboxylic acids is 2. The molecule has 0 radical (unpaired) electrons. The first-order chi connectivity index (χ1) is 12.7. The second-order valence-electron chi connectivity index (χ2n) is 6.39. The zero-order chi connectivity index (χ0) is 18.4. The van der Waals surface area contributed by atoms with E-state index in [0.717, 1.165) is 28.3 Å². The molecule has 3 rings (SSSR count). The van der Waals surface area contributed by atoms with Crippen molar-refractivity contribution in [1.82, 2.24) is 10.6 Å². The van der Waals surface area contributed by atoms with Gasteiger partial charge in [-0.25, -0.2) is 0 Å². The Kier molecular flexibility index (Phi) is 5.86. The number of rotatable bonds is 6. The molecular formula is C20H24N3O3+. The molecule has 2 aromatic carbocycles. The molecule has 0 bridgehead atoms. The predicted molar refractivity (Wildman–Crippen MR) is 98.0 cm³/mol. The summed E-state index contributed by atoms with van der Waals surface area (Å²) >= 11 is 0. The summed E-state index contributed by atoms with van der Waals surface area (Å²) in [6, 6.07) is 17.3. The minimum absolute atomic E-state index is 0.00573. The van der Waals surface area contributed by atoms with Crippen LogP contribution in [0.25, 0.3) is 0 Å². The molecule has 0 spiro atoms. The minimum Gasteiger partial charge on any atom is -0.497 e. The van der Waals surface area contributed by atoms with Crippen LogP contribution in [0.15, 0.2) is 54.6 Å². The number of methoxy groups -OCH3 is 1. The lowest BCUT2D eigenvalue weighted by molar-refractivity contribution is -0.885. The van der Waals surface area contributed by atoms with Gasteiger partial charge in [-0.2, -0.15) is 0 Å². The van der Waals surface area contributed by atoms with Crippen molar-refractivity contribution in [3.05, 3.63) is 65.7 Å². The average Bonchev–Trinajstić information content (AvgIpc) is 2.67. The smallest absolute Gasteiger partial charge is 0.275 e. The van der Waals surface area contributed by atoms with E-state index < -0.39 is 0 Å². The quantitative estimate of drug-likeness (QED) is 0.679. The molecule has 0 aromatic heterocycles. The Hall–Kier alpha value is -2.86. The Labute approximate surface area is 153 Å². The zero-order valence-corrected chi connectivity index (χ0v) is 14.8. The lowest BCUT2D eigenvalue weighted by Gasteiger charge is -2.25. The van der Waals surface area contributed by atoms with E-state index in [1.165, 1.54) is 0 Å². The third kappa shape index (κ3) is 4.61. The summed E-state index contributed by atoms with van der Waals surface area (Å²) in [7, 11) is 1.63. The van der Waals surface area contributed by atoms with E-state index in [0.29, 0.717) is 13.1 Å². The van der Waals surface area contributed by atoms with Gasteiger partial charge in [0, 0.05) is 0 Å². The van der Waals surface area contributed by atoms with E-state index in [2.05, 4.69) is 10.6 Å². The van der Waals surface area contributed by atoms with Gasteiger partial charge in [-0.05, 0) is 23.3 Å². The lowest BCUT2D eigenvalue weighted by Crippen LogP contribution is -3.16. The molecule has 2 amide bonds. The van der Waals surface area contributed by atoms with Crippen molar-refractivity contribution in [1.29, 1.82) is 0 Å². The van der Waals surface area contributed by atoms with Gasteiger partial charge < -0.3 is 20.3 Å². The van der Waals surface area contributed by atoms with Crippen molar-refractivity contribution in [2.75, 3.05) is 33.3 Å². The second kappa shape index (κ2) is 8.49. The zero-order valence-electron chi connectivity index (χ0n) is 14.8. The molecule has 26 heavy (non-hydrogen) atoms. The molecule has 2 aromatic rings. The Morgan fingerprint density at radius 2 is 1.85 bits per heavy atom. The van der Waals surface area contributed by atoms with Crippen LogP contribution in [0.5, 0.6) is 5.75 Å². The number of quaternary nitrogens is 1. The molecule has 1 saturated heterocycles. The van der Waals surface area contributed by atoms with Gasteiger partial charge in [0.1, 0.15) is 5.75 Å². The van der Waals surface area contributed by atoms with Crippen molar-refractivity contribution in [2.45, 2.75) is 6.04 Å². The maximum absolute atomic E-state index is 12.6. The summed E-state index contributed by atoms with van der Waals surface area (Å²) in [5, 5.41) is 5.90. The first-order valence-electron chi connectivity index (χ1n) is 8.74. The summed E-state index contributed by atoms with van der Waals surface area (Å²) in [5.41, 5.74) is 1.99. The van der Waals surface area contributed by atoms with Gasteiger partial charge in [-0.15, -0.1) is 0 Å². The number of ether oxygens (including phenoxy) is 1. The highest BCUT2D eigenvalue weighted by Gasteiger charge is 2.24. The topological polar surface area (TPSA) is 71.9 Å².